The minimum atomic E-state index is -3.93. The summed E-state index contributed by atoms with van der Waals surface area (Å²) in [4.78, 5) is 31.2. The van der Waals surface area contributed by atoms with Gasteiger partial charge in [-0.05, 0) is 43.9 Å². The number of allylic oxidation sites excluding steroid dienone is 1. The van der Waals surface area contributed by atoms with E-state index < -0.39 is 33.2 Å². The first-order valence-corrected chi connectivity index (χ1v) is 13.3. The van der Waals surface area contributed by atoms with Crippen molar-refractivity contribution < 1.29 is 22.7 Å². The number of carbonyl (C=O) groups excluding carboxylic acids is 2. The molecule has 1 aliphatic rings. The molecule has 2 aromatic rings. The third-order valence-electron chi connectivity index (χ3n) is 5.53. The average Bonchev–Trinajstić information content (AvgIpc) is 3.08. The first-order chi connectivity index (χ1) is 15.3. The number of hydrogen-bond donors (Lipinski definition) is 0. The number of sulfone groups is 1. The van der Waals surface area contributed by atoms with Gasteiger partial charge in [-0.15, -0.1) is 6.58 Å². The fourth-order valence-corrected chi connectivity index (χ4v) is 6.14. The van der Waals surface area contributed by atoms with Crippen LogP contribution in [0.4, 0.5) is 0 Å². The van der Waals surface area contributed by atoms with Crippen molar-refractivity contribution in [3.8, 4) is 5.75 Å². The molecule has 1 aliphatic heterocycles. The average molecular weight is 480 g/mol. The Morgan fingerprint density at radius 2 is 2.09 bits per heavy atom. The van der Waals surface area contributed by atoms with Crippen LogP contribution in [0.5, 0.6) is 5.75 Å². The molecule has 2 heterocycles. The number of ether oxygens (including phenoxy) is 1. The van der Waals surface area contributed by atoms with Gasteiger partial charge in [0.15, 0.2) is 14.6 Å². The van der Waals surface area contributed by atoms with Crippen molar-refractivity contribution in [3.63, 3.8) is 0 Å². The number of methoxy groups -OCH3 is 1. The van der Waals surface area contributed by atoms with Crippen LogP contribution in [0.1, 0.15) is 32.6 Å². The third-order valence-corrected chi connectivity index (χ3v) is 7.94. The van der Waals surface area contributed by atoms with Crippen molar-refractivity contribution in [2.24, 2.45) is 4.99 Å². The lowest BCUT2D eigenvalue weighted by molar-refractivity contribution is -0.132. The Morgan fingerprint density at radius 3 is 2.78 bits per heavy atom. The van der Waals surface area contributed by atoms with Crippen molar-refractivity contribution in [1.82, 2.24) is 9.47 Å². The van der Waals surface area contributed by atoms with E-state index in [1.807, 2.05) is 19.1 Å². The lowest BCUT2D eigenvalue weighted by Gasteiger charge is -2.35. The molecule has 0 radical (unpaired) electrons. The number of amides is 2. The van der Waals surface area contributed by atoms with Gasteiger partial charge in [0.05, 0.1) is 17.3 Å². The number of fused-ring (bicyclic) bond motifs is 1. The summed E-state index contributed by atoms with van der Waals surface area (Å²) in [7, 11) is -2.36. The second-order valence-electron chi connectivity index (χ2n) is 7.80. The Labute approximate surface area is 192 Å². The topological polar surface area (TPSA) is 98.0 Å². The van der Waals surface area contributed by atoms with Gasteiger partial charge >= 0.3 is 0 Å². The number of piperidine rings is 1. The highest BCUT2D eigenvalue weighted by Gasteiger charge is 2.29. The molecule has 1 fully saturated rings. The number of carbonyl (C=O) groups is 2. The molecule has 1 atom stereocenters. The number of hydrogen-bond acceptors (Lipinski definition) is 6. The Kier molecular flexibility index (Phi) is 7.89. The van der Waals surface area contributed by atoms with Crippen molar-refractivity contribution in [2.45, 2.75) is 45.2 Å². The molecule has 0 bridgehead atoms. The molecule has 1 aromatic heterocycles. The van der Waals surface area contributed by atoms with E-state index in [4.69, 9.17) is 4.74 Å². The third kappa shape index (κ3) is 5.66. The molecule has 8 nitrogen and oxygen atoms in total. The summed E-state index contributed by atoms with van der Waals surface area (Å²) in [5.41, 5.74) is 0.844. The van der Waals surface area contributed by atoms with Crippen molar-refractivity contribution in [3.05, 3.63) is 35.7 Å². The Hall–Kier alpha value is -2.46. The summed E-state index contributed by atoms with van der Waals surface area (Å²) in [5.74, 6) is -2.01. The van der Waals surface area contributed by atoms with Crippen molar-refractivity contribution >= 4 is 43.2 Å². The predicted molar refractivity (Wildman–Crippen MR) is 125 cm³/mol. The molecule has 0 saturated carbocycles. The highest BCUT2D eigenvalue weighted by atomic mass is 32.2. The van der Waals surface area contributed by atoms with E-state index >= 15 is 0 Å². The van der Waals surface area contributed by atoms with E-state index in [-0.39, 0.29) is 6.04 Å². The first-order valence-electron chi connectivity index (χ1n) is 10.6. The second-order valence-corrected chi connectivity index (χ2v) is 10.9. The highest BCUT2D eigenvalue weighted by Crippen LogP contribution is 2.23. The Balaban J connectivity index is 1.80. The van der Waals surface area contributed by atoms with Gasteiger partial charge < -0.3 is 14.2 Å². The van der Waals surface area contributed by atoms with Crippen LogP contribution in [0.25, 0.3) is 10.2 Å². The van der Waals surface area contributed by atoms with Gasteiger partial charge in [-0.3, -0.25) is 9.59 Å². The van der Waals surface area contributed by atoms with E-state index in [9.17, 15) is 18.0 Å². The number of thiazole rings is 1. The zero-order chi connectivity index (χ0) is 23.3. The van der Waals surface area contributed by atoms with Crippen LogP contribution in [-0.2, 0) is 26.0 Å². The molecule has 3 rings (SSSR count). The van der Waals surface area contributed by atoms with Gasteiger partial charge in [-0.1, -0.05) is 24.3 Å². The maximum absolute atomic E-state index is 12.6. The Morgan fingerprint density at radius 1 is 1.31 bits per heavy atom. The summed E-state index contributed by atoms with van der Waals surface area (Å²) >= 11 is 1.27. The summed E-state index contributed by atoms with van der Waals surface area (Å²) in [5, 5.41) is 0. The van der Waals surface area contributed by atoms with E-state index in [2.05, 4.69) is 11.6 Å². The van der Waals surface area contributed by atoms with E-state index in [0.29, 0.717) is 23.6 Å². The molecular formula is C22H29N3O5S2. The van der Waals surface area contributed by atoms with Crippen LogP contribution in [0.2, 0.25) is 0 Å². The standard InChI is InChI=1S/C22H29N3O5S2/c1-4-11-25-18-10-9-17(30-3)13-19(18)31-22(25)23-20(26)14-32(28,29)15-21(27)24-12-7-6-8-16(24)5-2/h4,9-10,13,16H,1,5-8,11-12,14-15H2,2-3H3. The summed E-state index contributed by atoms with van der Waals surface area (Å²) in [6, 6.07) is 5.57. The highest BCUT2D eigenvalue weighted by molar-refractivity contribution is 7.92. The molecule has 0 spiro atoms. The lowest BCUT2D eigenvalue weighted by atomic mass is 10.0. The number of benzene rings is 1. The first kappa shape index (κ1) is 24.2. The quantitative estimate of drug-likeness (QED) is 0.542. The van der Waals surface area contributed by atoms with Gasteiger partial charge in [-0.25, -0.2) is 8.42 Å². The molecule has 0 N–H and O–H groups in total. The number of rotatable bonds is 8. The molecule has 1 saturated heterocycles. The fourth-order valence-electron chi connectivity index (χ4n) is 3.97. The molecule has 1 unspecified atom stereocenters. The fraction of sp³-hybridized carbons (Fsp3) is 0.500. The smallest absolute Gasteiger partial charge is 0.263 e. The van der Waals surface area contributed by atoms with Gasteiger partial charge in [0.2, 0.25) is 5.91 Å². The van der Waals surface area contributed by atoms with Crippen LogP contribution in [0, 0.1) is 0 Å². The summed E-state index contributed by atoms with van der Waals surface area (Å²) in [6.45, 7) is 6.71. The van der Waals surface area contributed by atoms with Crippen molar-refractivity contribution in [1.29, 1.82) is 0 Å². The monoisotopic (exact) mass is 479 g/mol. The van der Waals surface area contributed by atoms with E-state index in [1.54, 1.807) is 28.7 Å². The van der Waals surface area contributed by atoms with Gasteiger partial charge in [0.1, 0.15) is 17.3 Å². The molecule has 32 heavy (non-hydrogen) atoms. The zero-order valence-electron chi connectivity index (χ0n) is 18.5. The summed E-state index contributed by atoms with van der Waals surface area (Å²) < 4.78 is 33.1. The number of likely N-dealkylation sites (tertiary alicyclic amines) is 1. The maximum Gasteiger partial charge on any atom is 0.263 e. The Bertz CT molecular complexity index is 1180. The molecule has 174 valence electrons. The SMILES string of the molecule is C=CCn1c(=NC(=O)CS(=O)(=O)CC(=O)N2CCCCC2CC)sc2cc(OC)ccc21. The minimum Gasteiger partial charge on any atom is -0.497 e. The van der Waals surface area contributed by atoms with Gasteiger partial charge in [0.25, 0.3) is 5.91 Å². The molecule has 1 aromatic carbocycles. The van der Waals surface area contributed by atoms with Gasteiger partial charge in [-0.2, -0.15) is 4.99 Å². The predicted octanol–water partition coefficient (Wildman–Crippen LogP) is 2.53. The largest absolute Gasteiger partial charge is 0.497 e. The number of nitrogens with zero attached hydrogens (tertiary/aromatic N) is 3. The van der Waals surface area contributed by atoms with Crippen LogP contribution in [0.15, 0.2) is 35.8 Å². The zero-order valence-corrected chi connectivity index (χ0v) is 20.1. The summed E-state index contributed by atoms with van der Waals surface area (Å²) in [6.07, 6.45) is 5.27. The number of aromatic nitrogens is 1. The minimum absolute atomic E-state index is 0.0697. The van der Waals surface area contributed by atoms with E-state index in [1.165, 1.54) is 11.3 Å². The normalized spacial score (nSPS) is 17.5. The van der Waals surface area contributed by atoms with Crippen molar-refractivity contribution in [2.75, 3.05) is 25.2 Å². The van der Waals surface area contributed by atoms with Crippen LogP contribution in [0.3, 0.4) is 0 Å². The van der Waals surface area contributed by atoms with Crippen LogP contribution >= 0.6 is 11.3 Å². The van der Waals surface area contributed by atoms with E-state index in [0.717, 1.165) is 35.9 Å². The molecule has 2 amide bonds. The molecule has 10 heteroatoms. The molecule has 0 aliphatic carbocycles. The van der Waals surface area contributed by atoms with Crippen LogP contribution in [-0.4, -0.2) is 60.9 Å². The second kappa shape index (κ2) is 10.4. The van der Waals surface area contributed by atoms with Gasteiger partial charge in [0, 0.05) is 19.1 Å². The van der Waals surface area contributed by atoms with Crippen LogP contribution < -0.4 is 9.54 Å². The maximum atomic E-state index is 12.6. The molecular weight excluding hydrogens is 450 g/mol. The lowest BCUT2D eigenvalue weighted by Crippen LogP contribution is -2.46.